The molecule has 2 nitrogen and oxygen atoms in total. The average Bonchev–Trinajstić information content (AvgIpc) is 2.19. The van der Waals surface area contributed by atoms with Gasteiger partial charge in [0.1, 0.15) is 5.82 Å². The number of pyridine rings is 1. The van der Waals surface area contributed by atoms with Crippen molar-refractivity contribution in [3.8, 4) is 0 Å². The molecule has 0 saturated carbocycles. The van der Waals surface area contributed by atoms with Crippen molar-refractivity contribution in [1.29, 1.82) is 0 Å². The largest absolute Gasteiger partial charge is 0.367 e. The van der Waals surface area contributed by atoms with Gasteiger partial charge in [0.25, 0.3) is 0 Å². The minimum Gasteiger partial charge on any atom is -0.367 e. The van der Waals surface area contributed by atoms with Crippen LogP contribution < -0.4 is 5.32 Å². The van der Waals surface area contributed by atoms with Crippen LogP contribution in [0.5, 0.6) is 0 Å². The number of hydrogen-bond donors (Lipinski definition) is 1. The number of aryl methyl sites for hydroxylation is 1. The summed E-state index contributed by atoms with van der Waals surface area (Å²) >= 11 is 9.29. The summed E-state index contributed by atoms with van der Waals surface area (Å²) in [5.74, 6) is 1.60. The van der Waals surface area contributed by atoms with Crippen LogP contribution in [0.2, 0.25) is 0 Å². The van der Waals surface area contributed by atoms with Crippen LogP contribution in [0.15, 0.2) is 16.7 Å². The zero-order valence-corrected chi connectivity index (χ0v) is 13.2. The Balaban J connectivity index is 2.86. The van der Waals surface area contributed by atoms with Gasteiger partial charge in [-0.3, -0.25) is 0 Å². The molecule has 0 aliphatic heterocycles. The van der Waals surface area contributed by atoms with E-state index in [1.54, 1.807) is 0 Å². The first-order chi connectivity index (χ1) is 7.84. The molecule has 1 atom stereocenters. The fraction of sp³-hybridized carbons (Fsp3) is 0.615. The van der Waals surface area contributed by atoms with Crippen LogP contribution in [0.1, 0.15) is 32.8 Å². The number of halogens is 2. The monoisotopic (exact) mass is 318 g/mol. The molecule has 1 heterocycles. The van der Waals surface area contributed by atoms with Crippen molar-refractivity contribution in [3.63, 3.8) is 0 Å². The fourth-order valence-electron chi connectivity index (χ4n) is 1.69. The molecule has 0 saturated heterocycles. The van der Waals surface area contributed by atoms with Gasteiger partial charge < -0.3 is 5.32 Å². The van der Waals surface area contributed by atoms with Gasteiger partial charge in [0, 0.05) is 22.6 Å². The van der Waals surface area contributed by atoms with Gasteiger partial charge in [-0.1, -0.05) is 20.8 Å². The van der Waals surface area contributed by atoms with Crippen molar-refractivity contribution in [3.05, 3.63) is 22.3 Å². The van der Waals surface area contributed by atoms with Crippen molar-refractivity contribution in [2.45, 2.75) is 40.2 Å². The maximum atomic E-state index is 5.87. The molecule has 0 aliphatic carbocycles. The molecule has 4 heteroatoms. The summed E-state index contributed by atoms with van der Waals surface area (Å²) in [6, 6.07) is 2.39. The Morgan fingerprint density at radius 1 is 1.47 bits per heavy atom. The summed E-state index contributed by atoms with van der Waals surface area (Å²) in [5.41, 5.74) is 1.30. The number of alkyl halides is 1. The van der Waals surface area contributed by atoms with E-state index in [0.717, 1.165) is 22.3 Å². The Labute approximate surface area is 117 Å². The molecule has 0 radical (unpaired) electrons. The van der Waals surface area contributed by atoms with Gasteiger partial charge in [-0.15, -0.1) is 11.6 Å². The number of rotatable bonds is 4. The van der Waals surface area contributed by atoms with E-state index in [0.29, 0.717) is 11.9 Å². The van der Waals surface area contributed by atoms with Crippen LogP contribution in [0.4, 0.5) is 5.82 Å². The summed E-state index contributed by atoms with van der Waals surface area (Å²) in [4.78, 5) is 4.41. The van der Waals surface area contributed by atoms with E-state index in [9.17, 15) is 0 Å². The zero-order chi connectivity index (χ0) is 13.1. The first-order valence-corrected chi connectivity index (χ1v) is 7.12. The first-order valence-electron chi connectivity index (χ1n) is 5.79. The molecule has 1 aromatic rings. The lowest BCUT2D eigenvalue weighted by Gasteiger charge is -2.32. The molecule has 17 heavy (non-hydrogen) atoms. The van der Waals surface area contributed by atoms with Crippen molar-refractivity contribution in [2.24, 2.45) is 5.41 Å². The summed E-state index contributed by atoms with van der Waals surface area (Å²) < 4.78 is 1.00. The second kappa shape index (κ2) is 6.05. The third-order valence-corrected chi connectivity index (χ3v) is 3.45. The molecule has 0 spiro atoms. The predicted molar refractivity (Wildman–Crippen MR) is 78.9 cm³/mol. The van der Waals surface area contributed by atoms with Gasteiger partial charge in [0.15, 0.2) is 0 Å². The topological polar surface area (TPSA) is 24.9 Å². The molecule has 1 N–H and O–H groups in total. The van der Waals surface area contributed by atoms with Crippen LogP contribution in [-0.2, 0) is 0 Å². The van der Waals surface area contributed by atoms with Crippen LogP contribution >= 0.6 is 27.5 Å². The molecule has 0 aromatic carbocycles. The van der Waals surface area contributed by atoms with E-state index >= 15 is 0 Å². The highest BCUT2D eigenvalue weighted by Crippen LogP contribution is 2.27. The van der Waals surface area contributed by atoms with Crippen molar-refractivity contribution < 1.29 is 0 Å². The van der Waals surface area contributed by atoms with Crippen LogP contribution in [0.25, 0.3) is 0 Å². The molecule has 1 unspecified atom stereocenters. The molecule has 1 aromatic heterocycles. The number of hydrogen-bond acceptors (Lipinski definition) is 2. The third-order valence-electron chi connectivity index (χ3n) is 2.80. The van der Waals surface area contributed by atoms with Gasteiger partial charge in [0.05, 0.1) is 0 Å². The Morgan fingerprint density at radius 3 is 2.59 bits per heavy atom. The average molecular weight is 320 g/mol. The molecule has 0 amide bonds. The summed E-state index contributed by atoms with van der Waals surface area (Å²) in [5, 5.41) is 3.50. The van der Waals surface area contributed by atoms with E-state index in [1.165, 1.54) is 0 Å². The highest BCUT2D eigenvalue weighted by atomic mass is 79.9. The molecular formula is C13H20BrClN2. The van der Waals surface area contributed by atoms with Crippen molar-refractivity contribution >= 4 is 33.3 Å². The molecule has 0 fully saturated rings. The van der Waals surface area contributed by atoms with Crippen LogP contribution in [0.3, 0.4) is 0 Å². The van der Waals surface area contributed by atoms with E-state index in [-0.39, 0.29) is 5.41 Å². The lowest BCUT2D eigenvalue weighted by molar-refractivity contribution is 0.334. The first kappa shape index (κ1) is 14.8. The Bertz CT molecular complexity index is 374. The summed E-state index contributed by atoms with van der Waals surface area (Å²) in [7, 11) is 0. The van der Waals surface area contributed by atoms with Crippen molar-refractivity contribution in [2.75, 3.05) is 11.2 Å². The maximum absolute atomic E-state index is 5.87. The minimum atomic E-state index is 0.163. The smallest absolute Gasteiger partial charge is 0.129 e. The van der Waals surface area contributed by atoms with Crippen LogP contribution in [-0.4, -0.2) is 16.9 Å². The van der Waals surface area contributed by atoms with Gasteiger partial charge >= 0.3 is 0 Å². The SMILES string of the molecule is Cc1cc(Br)cnc1NC(CCCl)C(C)(C)C. The molecule has 96 valence electrons. The zero-order valence-electron chi connectivity index (χ0n) is 10.8. The Morgan fingerprint density at radius 2 is 2.12 bits per heavy atom. The van der Waals surface area contributed by atoms with Crippen LogP contribution in [0, 0.1) is 12.3 Å². The van der Waals surface area contributed by atoms with Gasteiger partial charge in [-0.25, -0.2) is 4.98 Å². The lowest BCUT2D eigenvalue weighted by atomic mass is 9.85. The molecular weight excluding hydrogens is 300 g/mol. The maximum Gasteiger partial charge on any atom is 0.129 e. The second-order valence-corrected chi connectivity index (χ2v) is 6.65. The predicted octanol–water partition coefficient (Wildman–Crippen LogP) is 4.61. The second-order valence-electron chi connectivity index (χ2n) is 5.36. The molecule has 1 rings (SSSR count). The highest BCUT2D eigenvalue weighted by molar-refractivity contribution is 9.10. The Kier molecular flexibility index (Phi) is 5.26. The summed E-state index contributed by atoms with van der Waals surface area (Å²) in [6.07, 6.45) is 2.75. The highest BCUT2D eigenvalue weighted by Gasteiger charge is 2.24. The van der Waals surface area contributed by atoms with E-state index in [1.807, 2.05) is 6.20 Å². The van der Waals surface area contributed by atoms with Crippen molar-refractivity contribution in [1.82, 2.24) is 4.98 Å². The summed E-state index contributed by atoms with van der Waals surface area (Å²) in [6.45, 7) is 8.70. The number of nitrogens with zero attached hydrogens (tertiary/aromatic N) is 1. The molecule has 0 aliphatic rings. The molecule has 0 bridgehead atoms. The van der Waals surface area contributed by atoms with Gasteiger partial charge in [-0.2, -0.15) is 0 Å². The number of aromatic nitrogens is 1. The minimum absolute atomic E-state index is 0.163. The standard InChI is InChI=1S/C13H20BrClN2/c1-9-7-10(14)8-16-12(9)17-11(5-6-15)13(2,3)4/h7-8,11H,5-6H2,1-4H3,(H,16,17). The fourth-order valence-corrected chi connectivity index (χ4v) is 2.35. The van der Waals surface area contributed by atoms with E-state index in [4.69, 9.17) is 11.6 Å². The van der Waals surface area contributed by atoms with Gasteiger partial charge in [-0.05, 0) is 46.3 Å². The number of nitrogens with one attached hydrogen (secondary N) is 1. The Hall–Kier alpha value is -0.280. The quantitative estimate of drug-likeness (QED) is 0.820. The van der Waals surface area contributed by atoms with Gasteiger partial charge in [0.2, 0.25) is 0 Å². The number of anilines is 1. The third kappa shape index (κ3) is 4.47. The normalized spacial score (nSPS) is 13.5. The van der Waals surface area contributed by atoms with E-state index < -0.39 is 0 Å². The lowest BCUT2D eigenvalue weighted by Crippen LogP contribution is -2.35. The van der Waals surface area contributed by atoms with E-state index in [2.05, 4.69) is 60.0 Å².